The van der Waals surface area contributed by atoms with Gasteiger partial charge in [-0.15, -0.1) is 0 Å². The third kappa shape index (κ3) is 11.8. The van der Waals surface area contributed by atoms with E-state index in [1.54, 1.807) is 0 Å². The van der Waals surface area contributed by atoms with Gasteiger partial charge in [-0.3, -0.25) is 9.59 Å². The minimum Gasteiger partial charge on any atom is -0.465 e. The summed E-state index contributed by atoms with van der Waals surface area (Å²) >= 11 is 0. The zero-order valence-electron chi connectivity index (χ0n) is 15.5. The Morgan fingerprint density at radius 2 is 1.36 bits per heavy atom. The third-order valence-electron chi connectivity index (χ3n) is 4.00. The van der Waals surface area contributed by atoms with Gasteiger partial charge in [0, 0.05) is 6.42 Å². The van der Waals surface area contributed by atoms with Crippen LogP contribution in [-0.4, -0.2) is 31.3 Å². The molecule has 0 spiro atoms. The lowest BCUT2D eigenvalue weighted by atomic mass is 9.89. The highest BCUT2D eigenvalue weighted by atomic mass is 19.4. The summed E-state index contributed by atoms with van der Waals surface area (Å²) in [5.74, 6) is -3.49. The summed E-state index contributed by atoms with van der Waals surface area (Å²) in [4.78, 5) is 24.2. The number of ether oxygens (including phenoxy) is 2. The highest BCUT2D eigenvalue weighted by Gasteiger charge is 2.36. The number of halogens is 3. The maximum absolute atomic E-state index is 12.5. The Kier molecular flexibility index (Phi) is 12.3. The summed E-state index contributed by atoms with van der Waals surface area (Å²) in [5.41, 5.74) is 0. The second kappa shape index (κ2) is 13.0. The fourth-order valence-corrected chi connectivity index (χ4v) is 2.34. The van der Waals surface area contributed by atoms with Crippen LogP contribution in [0.2, 0.25) is 0 Å². The van der Waals surface area contributed by atoms with E-state index in [9.17, 15) is 22.8 Å². The molecule has 0 aromatic carbocycles. The topological polar surface area (TPSA) is 52.6 Å². The average molecular weight is 368 g/mol. The van der Waals surface area contributed by atoms with Gasteiger partial charge < -0.3 is 9.47 Å². The molecule has 0 heterocycles. The number of hydrogen-bond acceptors (Lipinski definition) is 4. The molecule has 0 amide bonds. The number of hydrogen-bond donors (Lipinski definition) is 0. The van der Waals surface area contributed by atoms with E-state index in [-0.39, 0.29) is 13.2 Å². The van der Waals surface area contributed by atoms with Gasteiger partial charge >= 0.3 is 18.1 Å². The number of alkyl halides is 3. The van der Waals surface area contributed by atoms with E-state index in [0.29, 0.717) is 12.8 Å². The molecular weight excluding hydrogens is 337 g/mol. The summed E-state index contributed by atoms with van der Waals surface area (Å²) in [5, 5.41) is 0. The zero-order chi connectivity index (χ0) is 19.3. The van der Waals surface area contributed by atoms with Crippen molar-refractivity contribution in [1.29, 1.82) is 0 Å². The molecule has 0 aromatic heterocycles. The number of carbonyl (C=O) groups excluding carboxylic acids is 2. The van der Waals surface area contributed by atoms with E-state index in [0.717, 1.165) is 25.7 Å². The molecule has 25 heavy (non-hydrogen) atoms. The number of carbonyl (C=O) groups is 2. The molecule has 0 bridgehead atoms. The van der Waals surface area contributed by atoms with Crippen LogP contribution in [0.5, 0.6) is 0 Å². The molecule has 0 saturated carbocycles. The summed E-state index contributed by atoms with van der Waals surface area (Å²) in [7, 11) is 0. The maximum Gasteiger partial charge on any atom is 0.389 e. The molecule has 7 heteroatoms. The van der Waals surface area contributed by atoms with Crippen LogP contribution in [0.3, 0.4) is 0 Å². The van der Waals surface area contributed by atoms with Crippen LogP contribution >= 0.6 is 0 Å². The molecule has 2 atom stereocenters. The Bertz CT molecular complexity index is 383. The predicted octanol–water partition coefficient (Wildman–Crippen LogP) is 5.05. The Morgan fingerprint density at radius 3 is 1.80 bits per heavy atom. The molecule has 2 unspecified atom stereocenters. The molecule has 0 aliphatic heterocycles. The second-order valence-corrected chi connectivity index (χ2v) is 6.30. The monoisotopic (exact) mass is 368 g/mol. The van der Waals surface area contributed by atoms with Crippen molar-refractivity contribution in [3.05, 3.63) is 0 Å². The van der Waals surface area contributed by atoms with E-state index in [1.807, 2.05) is 13.8 Å². The summed E-state index contributed by atoms with van der Waals surface area (Å²) < 4.78 is 47.7. The van der Waals surface area contributed by atoms with E-state index in [2.05, 4.69) is 0 Å². The van der Waals surface area contributed by atoms with Gasteiger partial charge in [-0.2, -0.15) is 13.2 Å². The van der Waals surface area contributed by atoms with Crippen molar-refractivity contribution in [2.75, 3.05) is 13.2 Å². The highest BCUT2D eigenvalue weighted by molar-refractivity contribution is 5.81. The van der Waals surface area contributed by atoms with Gasteiger partial charge in [0.2, 0.25) is 0 Å². The molecule has 0 N–H and O–H groups in total. The van der Waals surface area contributed by atoms with Crippen molar-refractivity contribution in [2.45, 2.75) is 78.3 Å². The first-order chi connectivity index (χ1) is 11.7. The van der Waals surface area contributed by atoms with Gasteiger partial charge in [-0.05, 0) is 19.3 Å². The Balaban J connectivity index is 4.67. The molecule has 0 fully saturated rings. The lowest BCUT2D eigenvalue weighted by Gasteiger charge is -2.22. The van der Waals surface area contributed by atoms with E-state index < -0.39 is 42.8 Å². The van der Waals surface area contributed by atoms with E-state index in [4.69, 9.17) is 9.47 Å². The van der Waals surface area contributed by atoms with Crippen LogP contribution in [0.15, 0.2) is 0 Å². The molecule has 0 saturated heterocycles. The van der Waals surface area contributed by atoms with Gasteiger partial charge in [0.15, 0.2) is 0 Å². The fourth-order valence-electron chi connectivity index (χ4n) is 2.34. The van der Waals surface area contributed by atoms with Crippen LogP contribution in [0.4, 0.5) is 13.2 Å². The van der Waals surface area contributed by atoms with E-state index >= 15 is 0 Å². The predicted molar refractivity (Wildman–Crippen MR) is 88.9 cm³/mol. The second-order valence-electron chi connectivity index (χ2n) is 6.30. The van der Waals surface area contributed by atoms with Crippen molar-refractivity contribution in [2.24, 2.45) is 11.8 Å². The van der Waals surface area contributed by atoms with Gasteiger partial charge in [-0.25, -0.2) is 0 Å². The van der Waals surface area contributed by atoms with Crippen LogP contribution in [-0.2, 0) is 19.1 Å². The first-order valence-corrected chi connectivity index (χ1v) is 9.12. The molecule has 148 valence electrons. The Morgan fingerprint density at radius 1 is 0.880 bits per heavy atom. The van der Waals surface area contributed by atoms with Crippen LogP contribution in [0.25, 0.3) is 0 Å². The lowest BCUT2D eigenvalue weighted by Crippen LogP contribution is -2.32. The van der Waals surface area contributed by atoms with Crippen LogP contribution in [0, 0.1) is 11.8 Å². The zero-order valence-corrected chi connectivity index (χ0v) is 15.5. The smallest absolute Gasteiger partial charge is 0.389 e. The summed E-state index contributed by atoms with van der Waals surface area (Å²) in [6.45, 7) is 5.80. The number of unbranched alkanes of at least 4 members (excludes halogenated alkanes) is 4. The molecule has 4 nitrogen and oxygen atoms in total. The van der Waals surface area contributed by atoms with Crippen LogP contribution < -0.4 is 0 Å². The van der Waals surface area contributed by atoms with Crippen LogP contribution in [0.1, 0.15) is 72.1 Å². The summed E-state index contributed by atoms with van der Waals surface area (Å²) in [6, 6.07) is 0. The highest BCUT2D eigenvalue weighted by Crippen LogP contribution is 2.29. The average Bonchev–Trinajstić information content (AvgIpc) is 2.54. The largest absolute Gasteiger partial charge is 0.465 e. The maximum atomic E-state index is 12.5. The molecule has 0 aliphatic carbocycles. The minimum atomic E-state index is -4.38. The van der Waals surface area contributed by atoms with Gasteiger partial charge in [0.05, 0.1) is 25.0 Å². The summed E-state index contributed by atoms with van der Waals surface area (Å²) in [6.07, 6.45) is -0.954. The third-order valence-corrected chi connectivity index (χ3v) is 4.00. The Labute approximate surface area is 148 Å². The van der Waals surface area contributed by atoms with Crippen molar-refractivity contribution in [1.82, 2.24) is 0 Å². The minimum absolute atomic E-state index is 0.160. The first-order valence-electron chi connectivity index (χ1n) is 9.12. The normalized spacial score (nSPS) is 14.0. The number of rotatable bonds is 13. The lowest BCUT2D eigenvalue weighted by molar-refractivity contribution is -0.165. The van der Waals surface area contributed by atoms with Crippen molar-refractivity contribution < 1.29 is 32.2 Å². The van der Waals surface area contributed by atoms with Crippen molar-refractivity contribution in [3.8, 4) is 0 Å². The first kappa shape index (κ1) is 23.7. The van der Waals surface area contributed by atoms with Crippen molar-refractivity contribution in [3.63, 3.8) is 0 Å². The standard InChI is InChI=1S/C18H31F3O4/c1-4-6-8-12-24-16(22)14(3)15(10-11-18(19,20)21)17(23)25-13-9-7-5-2/h14-15H,4-13H2,1-3H3. The number of esters is 2. The van der Waals surface area contributed by atoms with Gasteiger partial charge in [0.25, 0.3) is 0 Å². The molecule has 0 aliphatic rings. The van der Waals surface area contributed by atoms with Gasteiger partial charge in [0.1, 0.15) is 0 Å². The molecule has 0 rings (SSSR count). The van der Waals surface area contributed by atoms with E-state index in [1.165, 1.54) is 6.92 Å². The van der Waals surface area contributed by atoms with Gasteiger partial charge in [-0.1, -0.05) is 46.5 Å². The quantitative estimate of drug-likeness (QED) is 0.337. The fraction of sp³-hybridized carbons (Fsp3) is 0.889. The molecule has 0 radical (unpaired) electrons. The molecular formula is C18H31F3O4. The Hall–Kier alpha value is -1.27. The molecule has 0 aromatic rings. The SMILES string of the molecule is CCCCCOC(=O)C(C)C(CCC(F)(F)F)C(=O)OCCCCC. The van der Waals surface area contributed by atoms with Crippen molar-refractivity contribution >= 4 is 11.9 Å².